The van der Waals surface area contributed by atoms with Crippen LogP contribution in [-0.4, -0.2) is 67.2 Å². The van der Waals surface area contributed by atoms with Crippen molar-refractivity contribution in [1.82, 2.24) is 10.6 Å². The van der Waals surface area contributed by atoms with Crippen LogP contribution in [0.4, 0.5) is 4.79 Å². The first-order valence-corrected chi connectivity index (χ1v) is 10.3. The van der Waals surface area contributed by atoms with Crippen LogP contribution in [0.5, 0.6) is 0 Å². The Bertz CT molecular complexity index is 917. The summed E-state index contributed by atoms with van der Waals surface area (Å²) in [5.41, 5.74) is 4.54. The number of carbonyl (C=O) groups excluding carboxylic acids is 2. The van der Waals surface area contributed by atoms with Crippen LogP contribution >= 0.6 is 0 Å². The van der Waals surface area contributed by atoms with Crippen molar-refractivity contribution in [1.29, 1.82) is 0 Å². The lowest BCUT2D eigenvalue weighted by molar-refractivity contribution is -0.143. The van der Waals surface area contributed by atoms with Gasteiger partial charge in [-0.2, -0.15) is 0 Å². The second-order valence-electron chi connectivity index (χ2n) is 7.28. The molecule has 2 amide bonds. The van der Waals surface area contributed by atoms with E-state index < -0.39 is 24.0 Å². The summed E-state index contributed by atoms with van der Waals surface area (Å²) in [6.45, 7) is -0.341. The largest absolute Gasteiger partial charge is 0.480 e. The summed E-state index contributed by atoms with van der Waals surface area (Å²) >= 11 is 0. The number of hydrogen-bond donors (Lipinski definition) is 4. The molecule has 1 aliphatic rings. The predicted molar refractivity (Wildman–Crippen MR) is 115 cm³/mol. The molecule has 4 N–H and O–H groups in total. The molecule has 32 heavy (non-hydrogen) atoms. The van der Waals surface area contributed by atoms with E-state index in [1.807, 2.05) is 36.4 Å². The van der Waals surface area contributed by atoms with Gasteiger partial charge in [-0.15, -0.1) is 0 Å². The molecule has 0 fully saturated rings. The molecule has 0 unspecified atom stereocenters. The quantitative estimate of drug-likeness (QED) is 0.387. The Morgan fingerprint density at radius 3 is 2.22 bits per heavy atom. The number of hydrogen-bond acceptors (Lipinski definition) is 6. The number of aliphatic hydroxyl groups excluding tert-OH is 1. The van der Waals surface area contributed by atoms with Gasteiger partial charge >= 0.3 is 12.1 Å². The third-order valence-electron chi connectivity index (χ3n) is 5.14. The maximum absolute atomic E-state index is 12.1. The van der Waals surface area contributed by atoms with Crippen LogP contribution in [0, 0.1) is 0 Å². The maximum Gasteiger partial charge on any atom is 0.407 e. The number of amides is 2. The fraction of sp³-hybridized carbons (Fsp3) is 0.348. The van der Waals surface area contributed by atoms with Gasteiger partial charge in [-0.05, 0) is 22.3 Å². The molecule has 2 aromatic rings. The Labute approximate surface area is 185 Å². The summed E-state index contributed by atoms with van der Waals surface area (Å²) in [7, 11) is 0. The summed E-state index contributed by atoms with van der Waals surface area (Å²) in [6.07, 6.45) is -0.682. The van der Waals surface area contributed by atoms with Gasteiger partial charge in [0.2, 0.25) is 5.91 Å². The zero-order valence-electron chi connectivity index (χ0n) is 17.5. The third kappa shape index (κ3) is 5.83. The van der Waals surface area contributed by atoms with Gasteiger partial charge in [-0.1, -0.05) is 48.5 Å². The van der Waals surface area contributed by atoms with Crippen molar-refractivity contribution >= 4 is 18.0 Å². The molecule has 1 aliphatic carbocycles. The summed E-state index contributed by atoms with van der Waals surface area (Å²) in [4.78, 5) is 34.7. The molecule has 0 saturated heterocycles. The molecule has 0 aromatic heterocycles. The molecule has 0 saturated carbocycles. The van der Waals surface area contributed by atoms with Crippen molar-refractivity contribution in [3.63, 3.8) is 0 Å². The lowest BCUT2D eigenvalue weighted by Crippen LogP contribution is -2.43. The van der Waals surface area contributed by atoms with Crippen LogP contribution in [0.3, 0.4) is 0 Å². The maximum atomic E-state index is 12.1. The number of nitrogens with one attached hydrogen (secondary N) is 2. The minimum absolute atomic E-state index is 0.0332. The minimum atomic E-state index is -1.23. The van der Waals surface area contributed by atoms with Crippen LogP contribution in [0.15, 0.2) is 48.5 Å². The Kier molecular flexibility index (Phi) is 8.18. The van der Waals surface area contributed by atoms with Crippen LogP contribution in [0.2, 0.25) is 0 Å². The van der Waals surface area contributed by atoms with E-state index >= 15 is 0 Å². The van der Waals surface area contributed by atoms with Crippen LogP contribution < -0.4 is 10.6 Å². The predicted octanol–water partition coefficient (Wildman–Crippen LogP) is 1.49. The first kappa shape index (κ1) is 23.2. The number of alkyl carbamates (subject to hydrolysis) is 1. The highest BCUT2D eigenvalue weighted by atomic mass is 16.5. The molecular formula is C23H26N2O7. The number of aliphatic hydroxyl groups is 1. The van der Waals surface area contributed by atoms with Crippen molar-refractivity contribution in [2.75, 3.05) is 33.0 Å². The number of carboxylic acids is 1. The average Bonchev–Trinajstić information content (AvgIpc) is 3.11. The fourth-order valence-electron chi connectivity index (χ4n) is 3.66. The number of ether oxygens (including phenoxy) is 2. The highest BCUT2D eigenvalue weighted by Gasteiger charge is 2.29. The van der Waals surface area contributed by atoms with E-state index in [9.17, 15) is 14.4 Å². The molecule has 170 valence electrons. The van der Waals surface area contributed by atoms with Crippen LogP contribution in [0.1, 0.15) is 23.5 Å². The number of carboxylic acid groups (broad SMARTS) is 1. The number of benzene rings is 2. The number of carbonyl (C=O) groups is 3. The molecule has 0 radical (unpaired) electrons. The molecular weight excluding hydrogens is 416 g/mol. The highest BCUT2D eigenvalue weighted by molar-refractivity contribution is 5.84. The van der Waals surface area contributed by atoms with Gasteiger partial charge in [-0.3, -0.25) is 4.79 Å². The third-order valence-corrected chi connectivity index (χ3v) is 5.14. The van der Waals surface area contributed by atoms with Crippen LogP contribution in [-0.2, 0) is 19.1 Å². The number of aliphatic carboxylic acids is 1. The zero-order valence-corrected chi connectivity index (χ0v) is 17.5. The summed E-state index contributed by atoms with van der Waals surface area (Å²) in [5, 5.41) is 22.6. The molecule has 3 rings (SSSR count). The second kappa shape index (κ2) is 11.3. The van der Waals surface area contributed by atoms with Crippen LogP contribution in [0.25, 0.3) is 11.1 Å². The molecule has 0 aliphatic heterocycles. The smallest absolute Gasteiger partial charge is 0.407 e. The zero-order chi connectivity index (χ0) is 22.9. The molecule has 9 nitrogen and oxygen atoms in total. The van der Waals surface area contributed by atoms with Gasteiger partial charge in [0.15, 0.2) is 0 Å². The van der Waals surface area contributed by atoms with Crippen molar-refractivity contribution in [3.8, 4) is 11.1 Å². The number of fused-ring (bicyclic) bond motifs is 3. The Balaban J connectivity index is 1.38. The van der Waals surface area contributed by atoms with E-state index in [1.54, 1.807) is 0 Å². The minimum Gasteiger partial charge on any atom is -0.480 e. The van der Waals surface area contributed by atoms with E-state index in [-0.39, 0.29) is 45.3 Å². The molecule has 1 atom stereocenters. The molecule has 9 heteroatoms. The molecule has 0 heterocycles. The van der Waals surface area contributed by atoms with Gasteiger partial charge < -0.3 is 30.3 Å². The van der Waals surface area contributed by atoms with E-state index in [0.29, 0.717) is 0 Å². The SMILES string of the molecule is O=C(COCCNC(=O)OCC1c2ccccc2-c2ccccc21)N[C@@H](CCO)C(=O)O. The van der Waals surface area contributed by atoms with Crippen molar-refractivity contribution in [2.45, 2.75) is 18.4 Å². The number of rotatable bonds is 11. The van der Waals surface area contributed by atoms with Gasteiger partial charge in [0.1, 0.15) is 19.3 Å². The highest BCUT2D eigenvalue weighted by Crippen LogP contribution is 2.44. The van der Waals surface area contributed by atoms with Gasteiger partial charge in [0, 0.05) is 25.5 Å². The second-order valence-corrected chi connectivity index (χ2v) is 7.28. The Morgan fingerprint density at radius 2 is 1.62 bits per heavy atom. The topological polar surface area (TPSA) is 134 Å². The molecule has 2 aromatic carbocycles. The van der Waals surface area contributed by atoms with E-state index in [4.69, 9.17) is 19.7 Å². The van der Waals surface area contributed by atoms with Gasteiger partial charge in [-0.25, -0.2) is 9.59 Å². The van der Waals surface area contributed by atoms with Crippen molar-refractivity contribution in [2.24, 2.45) is 0 Å². The molecule has 0 bridgehead atoms. The standard InChI is InChI=1S/C23H26N2O7/c26-11-9-20(22(28)29)25-21(27)14-31-12-10-24-23(30)32-13-19-17-7-3-1-5-15(17)16-6-2-4-8-18(16)19/h1-8,19-20,26H,9-14H2,(H,24,30)(H,25,27)(H,28,29)/t20-/m0/s1. The van der Waals surface area contributed by atoms with E-state index in [2.05, 4.69) is 22.8 Å². The average molecular weight is 442 g/mol. The summed E-state index contributed by atoms with van der Waals surface area (Å²) < 4.78 is 10.5. The van der Waals surface area contributed by atoms with Crippen molar-refractivity contribution < 1.29 is 34.1 Å². The van der Waals surface area contributed by atoms with E-state index in [0.717, 1.165) is 22.3 Å². The van der Waals surface area contributed by atoms with Gasteiger partial charge in [0.05, 0.1) is 6.61 Å². The lowest BCUT2D eigenvalue weighted by Gasteiger charge is -2.15. The normalized spacial score (nSPS) is 13.0. The first-order valence-electron chi connectivity index (χ1n) is 10.3. The fourth-order valence-corrected chi connectivity index (χ4v) is 3.66. The summed E-state index contributed by atoms with van der Waals surface area (Å²) in [6, 6.07) is 14.9. The summed E-state index contributed by atoms with van der Waals surface area (Å²) in [5.74, 6) is -1.88. The van der Waals surface area contributed by atoms with E-state index in [1.165, 1.54) is 0 Å². The molecule has 0 spiro atoms. The Morgan fingerprint density at radius 1 is 1.00 bits per heavy atom. The monoisotopic (exact) mass is 442 g/mol. The first-order chi connectivity index (χ1) is 15.5. The lowest BCUT2D eigenvalue weighted by atomic mass is 9.98. The van der Waals surface area contributed by atoms with Crippen molar-refractivity contribution in [3.05, 3.63) is 59.7 Å². The van der Waals surface area contributed by atoms with Gasteiger partial charge in [0.25, 0.3) is 0 Å². The Hall–Kier alpha value is -3.43.